The van der Waals surface area contributed by atoms with Crippen molar-refractivity contribution < 1.29 is 8.42 Å². The summed E-state index contributed by atoms with van der Waals surface area (Å²) in [6.45, 7) is 6.48. The highest BCUT2D eigenvalue weighted by Crippen LogP contribution is 2.26. The Balaban J connectivity index is 2.39. The maximum absolute atomic E-state index is 11.1. The molecular weight excluding hydrogens is 222 g/mol. The van der Waals surface area contributed by atoms with Crippen molar-refractivity contribution >= 4 is 9.84 Å². The van der Waals surface area contributed by atoms with Crippen LogP contribution in [0.1, 0.15) is 46.5 Å². The number of sulfone groups is 1. The monoisotopic (exact) mass is 247 g/mol. The molecule has 0 radical (unpaired) electrons. The summed E-state index contributed by atoms with van der Waals surface area (Å²) in [5.74, 6) is 1.08. The van der Waals surface area contributed by atoms with Gasteiger partial charge in [0.15, 0.2) is 0 Å². The molecule has 0 saturated heterocycles. The van der Waals surface area contributed by atoms with Gasteiger partial charge in [-0.3, -0.25) is 0 Å². The molecule has 0 aliphatic heterocycles. The third kappa shape index (κ3) is 5.30. The van der Waals surface area contributed by atoms with Crippen LogP contribution >= 0.6 is 0 Å². The number of rotatable bonds is 5. The van der Waals surface area contributed by atoms with Gasteiger partial charge in [0, 0.05) is 17.8 Å². The van der Waals surface area contributed by atoms with Crippen molar-refractivity contribution in [3.63, 3.8) is 0 Å². The topological polar surface area (TPSA) is 46.2 Å². The van der Waals surface area contributed by atoms with E-state index in [9.17, 15) is 8.42 Å². The first-order valence-corrected chi connectivity index (χ1v) is 8.19. The van der Waals surface area contributed by atoms with Crippen molar-refractivity contribution in [2.45, 2.75) is 58.0 Å². The summed E-state index contributed by atoms with van der Waals surface area (Å²) >= 11 is 0. The molecule has 0 spiro atoms. The van der Waals surface area contributed by atoms with Crippen molar-refractivity contribution in [2.75, 3.05) is 12.0 Å². The molecule has 0 aromatic carbocycles. The lowest BCUT2D eigenvalue weighted by molar-refractivity contribution is 0.322. The zero-order valence-electron chi connectivity index (χ0n) is 10.9. The minimum Gasteiger partial charge on any atom is -0.309 e. The van der Waals surface area contributed by atoms with Gasteiger partial charge in [-0.15, -0.1) is 0 Å². The molecule has 1 aliphatic rings. The first kappa shape index (κ1) is 14.0. The second-order valence-corrected chi connectivity index (χ2v) is 8.28. The second kappa shape index (κ2) is 5.05. The van der Waals surface area contributed by atoms with Crippen molar-refractivity contribution in [1.29, 1.82) is 0 Å². The second-order valence-electron chi connectivity index (χ2n) is 6.02. The molecule has 1 rings (SSSR count). The van der Waals surface area contributed by atoms with Gasteiger partial charge < -0.3 is 5.32 Å². The van der Waals surface area contributed by atoms with Crippen LogP contribution in [0.3, 0.4) is 0 Å². The number of hydrogen-bond acceptors (Lipinski definition) is 3. The van der Waals surface area contributed by atoms with Crippen LogP contribution in [-0.4, -0.2) is 32.0 Å². The normalized spacial score (nSPS) is 27.2. The summed E-state index contributed by atoms with van der Waals surface area (Å²) in [6.07, 6.45) is 5.74. The Morgan fingerprint density at radius 3 is 2.38 bits per heavy atom. The minimum atomic E-state index is -2.84. The lowest BCUT2D eigenvalue weighted by Gasteiger charge is -2.30. The maximum atomic E-state index is 11.1. The maximum Gasteiger partial charge on any atom is 0.147 e. The molecule has 3 nitrogen and oxygen atoms in total. The SMILES string of the molecule is C[C@H]1CC[C@H](NC(C)(C)CCS(C)(=O)=O)C1. The zero-order valence-corrected chi connectivity index (χ0v) is 11.7. The van der Waals surface area contributed by atoms with Gasteiger partial charge in [-0.25, -0.2) is 8.42 Å². The highest BCUT2D eigenvalue weighted by molar-refractivity contribution is 7.90. The number of hydrogen-bond donors (Lipinski definition) is 1. The van der Waals surface area contributed by atoms with Crippen LogP contribution in [0, 0.1) is 5.92 Å². The molecule has 4 heteroatoms. The molecule has 2 atom stereocenters. The van der Waals surface area contributed by atoms with E-state index >= 15 is 0 Å². The molecule has 0 aromatic rings. The van der Waals surface area contributed by atoms with Gasteiger partial charge in [0.1, 0.15) is 9.84 Å². The highest BCUT2D eigenvalue weighted by atomic mass is 32.2. The Hall–Kier alpha value is -0.0900. The van der Waals surface area contributed by atoms with E-state index < -0.39 is 9.84 Å². The Bertz CT molecular complexity index is 322. The van der Waals surface area contributed by atoms with Crippen LogP contribution in [-0.2, 0) is 9.84 Å². The van der Waals surface area contributed by atoms with Crippen LogP contribution in [0.4, 0.5) is 0 Å². The van der Waals surface area contributed by atoms with Gasteiger partial charge in [-0.1, -0.05) is 6.92 Å². The Labute approximate surface area is 99.9 Å². The molecule has 1 aliphatic carbocycles. The van der Waals surface area contributed by atoms with Crippen LogP contribution in [0.25, 0.3) is 0 Å². The third-order valence-electron chi connectivity index (χ3n) is 3.39. The van der Waals surface area contributed by atoms with E-state index in [2.05, 4.69) is 26.1 Å². The molecule has 96 valence electrons. The summed E-state index contributed by atoms with van der Waals surface area (Å²) in [5, 5.41) is 3.59. The molecule has 0 bridgehead atoms. The number of nitrogens with one attached hydrogen (secondary N) is 1. The summed E-state index contributed by atoms with van der Waals surface area (Å²) in [5.41, 5.74) is -0.0716. The predicted molar refractivity (Wildman–Crippen MR) is 68.3 cm³/mol. The van der Waals surface area contributed by atoms with Crippen molar-refractivity contribution in [3.8, 4) is 0 Å². The summed E-state index contributed by atoms with van der Waals surface area (Å²) in [7, 11) is -2.84. The van der Waals surface area contributed by atoms with Gasteiger partial charge in [0.25, 0.3) is 0 Å². The molecule has 0 unspecified atom stereocenters. The third-order valence-corrected chi connectivity index (χ3v) is 4.33. The van der Waals surface area contributed by atoms with Crippen molar-refractivity contribution in [1.82, 2.24) is 5.32 Å². The molecule has 1 saturated carbocycles. The smallest absolute Gasteiger partial charge is 0.147 e. The lowest BCUT2D eigenvalue weighted by atomic mass is 9.99. The molecule has 0 heterocycles. The largest absolute Gasteiger partial charge is 0.309 e. The Kier molecular flexibility index (Phi) is 4.41. The summed E-state index contributed by atoms with van der Waals surface area (Å²) in [4.78, 5) is 0. The standard InChI is InChI=1S/C12H25NO2S/c1-10-5-6-11(9-10)13-12(2,3)7-8-16(4,14)15/h10-11,13H,5-9H2,1-4H3/t10-,11-/m0/s1. The van der Waals surface area contributed by atoms with Crippen LogP contribution in [0.2, 0.25) is 0 Å². The van der Waals surface area contributed by atoms with Gasteiger partial charge in [0.2, 0.25) is 0 Å². The fraction of sp³-hybridized carbons (Fsp3) is 1.00. The summed E-state index contributed by atoms with van der Waals surface area (Å²) < 4.78 is 22.3. The first-order valence-electron chi connectivity index (χ1n) is 6.13. The fourth-order valence-electron chi connectivity index (χ4n) is 2.40. The van der Waals surface area contributed by atoms with Gasteiger partial charge in [-0.2, -0.15) is 0 Å². The van der Waals surface area contributed by atoms with E-state index in [1.165, 1.54) is 25.5 Å². The highest BCUT2D eigenvalue weighted by Gasteiger charge is 2.27. The van der Waals surface area contributed by atoms with E-state index in [-0.39, 0.29) is 11.3 Å². The Morgan fingerprint density at radius 1 is 1.31 bits per heavy atom. The lowest BCUT2D eigenvalue weighted by Crippen LogP contribution is -2.46. The van der Waals surface area contributed by atoms with Gasteiger partial charge >= 0.3 is 0 Å². The van der Waals surface area contributed by atoms with Crippen molar-refractivity contribution in [3.05, 3.63) is 0 Å². The molecule has 1 fully saturated rings. The van der Waals surface area contributed by atoms with E-state index in [1.54, 1.807) is 0 Å². The average molecular weight is 247 g/mol. The first-order chi connectivity index (χ1) is 7.18. The average Bonchev–Trinajstić information content (AvgIpc) is 2.46. The van der Waals surface area contributed by atoms with Crippen molar-refractivity contribution in [2.24, 2.45) is 5.92 Å². The van der Waals surface area contributed by atoms with Crippen LogP contribution < -0.4 is 5.32 Å². The van der Waals surface area contributed by atoms with Crippen LogP contribution in [0.15, 0.2) is 0 Å². The minimum absolute atomic E-state index is 0.0716. The van der Waals surface area contributed by atoms with E-state index in [0.29, 0.717) is 12.5 Å². The Morgan fingerprint density at radius 2 is 1.94 bits per heavy atom. The molecule has 0 amide bonds. The van der Waals surface area contributed by atoms with Gasteiger partial charge in [-0.05, 0) is 45.4 Å². The quantitative estimate of drug-likeness (QED) is 0.808. The molecule has 0 aromatic heterocycles. The van der Waals surface area contributed by atoms with Gasteiger partial charge in [0.05, 0.1) is 5.75 Å². The molecule has 1 N–H and O–H groups in total. The predicted octanol–water partition coefficient (Wildman–Crippen LogP) is 1.98. The van der Waals surface area contributed by atoms with Crippen LogP contribution in [0.5, 0.6) is 0 Å². The van der Waals surface area contributed by atoms with E-state index in [4.69, 9.17) is 0 Å². The molecular formula is C12H25NO2S. The fourth-order valence-corrected chi connectivity index (χ4v) is 3.28. The van der Waals surface area contributed by atoms with E-state index in [1.807, 2.05) is 0 Å². The molecule has 16 heavy (non-hydrogen) atoms. The zero-order chi connectivity index (χ0) is 12.4. The summed E-state index contributed by atoms with van der Waals surface area (Å²) in [6, 6.07) is 0.574. The van der Waals surface area contributed by atoms with E-state index in [0.717, 1.165) is 5.92 Å².